The molecule has 2 fully saturated rings. The fraction of sp³-hybridized carbons (Fsp3) is 0.692. The molecule has 0 bridgehead atoms. The lowest BCUT2D eigenvalue weighted by molar-refractivity contribution is 0.117. The van der Waals surface area contributed by atoms with Gasteiger partial charge in [-0.3, -0.25) is 0 Å². The molecule has 0 aromatic heterocycles. The molecular weight excluding hydrogens is 170 g/mol. The minimum absolute atomic E-state index is 0.533. The van der Waals surface area contributed by atoms with E-state index >= 15 is 0 Å². The molecular formula is C13H19N. The number of piperidine rings is 1. The van der Waals surface area contributed by atoms with Crippen LogP contribution in [0, 0.1) is 11.3 Å². The SMILES string of the molecule is C1=CCC23CNCCC2CCCC3=C1. The highest BCUT2D eigenvalue weighted by Crippen LogP contribution is 2.51. The van der Waals surface area contributed by atoms with Crippen molar-refractivity contribution < 1.29 is 0 Å². The molecule has 76 valence electrons. The monoisotopic (exact) mass is 189 g/mol. The van der Waals surface area contributed by atoms with Crippen LogP contribution in [0.4, 0.5) is 0 Å². The molecule has 14 heavy (non-hydrogen) atoms. The standard InChI is InChI=1S/C13H19N/c1-2-8-13-10-14-9-7-12(13)6-3-5-11(13)4-1/h1-2,4,12,14H,3,5-10H2. The second-order valence-corrected chi connectivity index (χ2v) is 5.03. The number of nitrogens with one attached hydrogen (secondary N) is 1. The minimum atomic E-state index is 0.533. The zero-order valence-corrected chi connectivity index (χ0v) is 8.76. The number of rotatable bonds is 0. The summed E-state index contributed by atoms with van der Waals surface area (Å²) < 4.78 is 0. The molecule has 2 unspecified atom stereocenters. The van der Waals surface area contributed by atoms with E-state index in [-0.39, 0.29) is 0 Å². The molecule has 3 aliphatic rings. The van der Waals surface area contributed by atoms with E-state index in [0.29, 0.717) is 5.41 Å². The lowest BCUT2D eigenvalue weighted by Crippen LogP contribution is -2.49. The minimum Gasteiger partial charge on any atom is -0.316 e. The molecule has 2 atom stereocenters. The lowest BCUT2D eigenvalue weighted by atomic mass is 9.58. The Morgan fingerprint density at radius 2 is 2.36 bits per heavy atom. The van der Waals surface area contributed by atoms with E-state index < -0.39 is 0 Å². The highest BCUT2D eigenvalue weighted by Gasteiger charge is 2.44. The molecule has 0 aromatic rings. The van der Waals surface area contributed by atoms with E-state index in [9.17, 15) is 0 Å². The van der Waals surface area contributed by atoms with E-state index in [1.807, 2.05) is 0 Å². The van der Waals surface area contributed by atoms with Crippen LogP contribution >= 0.6 is 0 Å². The van der Waals surface area contributed by atoms with Gasteiger partial charge in [-0.05, 0) is 44.6 Å². The molecule has 3 rings (SSSR count). The van der Waals surface area contributed by atoms with Crippen LogP contribution in [0.3, 0.4) is 0 Å². The van der Waals surface area contributed by atoms with Gasteiger partial charge in [0, 0.05) is 12.0 Å². The van der Waals surface area contributed by atoms with Crippen molar-refractivity contribution >= 4 is 0 Å². The summed E-state index contributed by atoms with van der Waals surface area (Å²) in [4.78, 5) is 0. The molecule has 1 saturated heterocycles. The topological polar surface area (TPSA) is 12.0 Å². The van der Waals surface area contributed by atoms with E-state index in [1.54, 1.807) is 5.57 Å². The summed E-state index contributed by atoms with van der Waals surface area (Å²) in [7, 11) is 0. The van der Waals surface area contributed by atoms with Crippen molar-refractivity contribution in [1.82, 2.24) is 5.32 Å². The zero-order chi connectivity index (χ0) is 9.43. The normalized spacial score (nSPS) is 41.1. The maximum Gasteiger partial charge on any atom is 0.0103 e. The van der Waals surface area contributed by atoms with Crippen LogP contribution < -0.4 is 5.32 Å². The van der Waals surface area contributed by atoms with Crippen LogP contribution in [0.2, 0.25) is 0 Å². The summed E-state index contributed by atoms with van der Waals surface area (Å²) in [5.41, 5.74) is 2.27. The second-order valence-electron chi connectivity index (χ2n) is 5.03. The summed E-state index contributed by atoms with van der Waals surface area (Å²) in [6.45, 7) is 2.47. The van der Waals surface area contributed by atoms with Gasteiger partial charge in [0.25, 0.3) is 0 Å². The lowest BCUT2D eigenvalue weighted by Gasteiger charge is -2.50. The van der Waals surface area contributed by atoms with E-state index in [4.69, 9.17) is 0 Å². The van der Waals surface area contributed by atoms with E-state index in [0.717, 1.165) is 5.92 Å². The van der Waals surface area contributed by atoms with Crippen molar-refractivity contribution in [1.29, 1.82) is 0 Å². The Morgan fingerprint density at radius 1 is 1.36 bits per heavy atom. The van der Waals surface area contributed by atoms with Crippen LogP contribution in [-0.2, 0) is 0 Å². The van der Waals surface area contributed by atoms with Gasteiger partial charge in [-0.2, -0.15) is 0 Å². The Kier molecular flexibility index (Phi) is 2.01. The summed E-state index contributed by atoms with van der Waals surface area (Å²) >= 11 is 0. The largest absolute Gasteiger partial charge is 0.316 e. The van der Waals surface area contributed by atoms with Gasteiger partial charge in [-0.15, -0.1) is 0 Å². The maximum absolute atomic E-state index is 3.60. The Bertz CT molecular complexity index is 288. The molecule has 1 heteroatoms. The Morgan fingerprint density at radius 3 is 3.36 bits per heavy atom. The number of allylic oxidation sites excluding steroid dienone is 3. The van der Waals surface area contributed by atoms with Gasteiger partial charge in [0.1, 0.15) is 0 Å². The highest BCUT2D eigenvalue weighted by molar-refractivity contribution is 5.30. The van der Waals surface area contributed by atoms with Crippen molar-refractivity contribution in [2.75, 3.05) is 13.1 Å². The van der Waals surface area contributed by atoms with Crippen LogP contribution in [-0.4, -0.2) is 13.1 Å². The summed E-state index contributed by atoms with van der Waals surface area (Å²) in [5.74, 6) is 0.966. The third kappa shape index (κ3) is 1.12. The molecule has 1 heterocycles. The fourth-order valence-corrected chi connectivity index (χ4v) is 3.67. The molecule has 0 radical (unpaired) electrons. The van der Waals surface area contributed by atoms with Crippen molar-refractivity contribution in [2.45, 2.75) is 32.1 Å². The van der Waals surface area contributed by atoms with Crippen molar-refractivity contribution in [3.8, 4) is 0 Å². The molecule has 1 N–H and O–H groups in total. The van der Waals surface area contributed by atoms with Gasteiger partial charge in [-0.1, -0.05) is 23.8 Å². The average Bonchev–Trinajstić information content (AvgIpc) is 2.26. The molecule has 1 saturated carbocycles. The summed E-state index contributed by atoms with van der Waals surface area (Å²) in [5, 5.41) is 3.60. The summed E-state index contributed by atoms with van der Waals surface area (Å²) in [6.07, 6.45) is 13.9. The average molecular weight is 189 g/mol. The van der Waals surface area contributed by atoms with Gasteiger partial charge < -0.3 is 5.32 Å². The number of hydrogen-bond acceptors (Lipinski definition) is 1. The highest BCUT2D eigenvalue weighted by atomic mass is 14.9. The van der Waals surface area contributed by atoms with Crippen LogP contribution in [0.15, 0.2) is 23.8 Å². The quantitative estimate of drug-likeness (QED) is 0.617. The predicted octanol–water partition coefficient (Wildman–Crippen LogP) is 2.65. The number of hydrogen-bond donors (Lipinski definition) is 1. The molecule has 1 spiro atoms. The third-order valence-electron chi connectivity index (χ3n) is 4.45. The maximum atomic E-state index is 3.60. The van der Waals surface area contributed by atoms with Crippen LogP contribution in [0.25, 0.3) is 0 Å². The molecule has 1 aliphatic heterocycles. The Hall–Kier alpha value is -0.560. The van der Waals surface area contributed by atoms with Gasteiger partial charge in [0.2, 0.25) is 0 Å². The predicted molar refractivity (Wildman–Crippen MR) is 59.1 cm³/mol. The van der Waals surface area contributed by atoms with Crippen LogP contribution in [0.1, 0.15) is 32.1 Å². The smallest absolute Gasteiger partial charge is 0.0103 e. The second kappa shape index (κ2) is 3.23. The first-order valence-electron chi connectivity index (χ1n) is 5.99. The third-order valence-corrected chi connectivity index (χ3v) is 4.45. The van der Waals surface area contributed by atoms with E-state index in [1.165, 1.54) is 45.2 Å². The van der Waals surface area contributed by atoms with Crippen molar-refractivity contribution in [3.63, 3.8) is 0 Å². The van der Waals surface area contributed by atoms with Gasteiger partial charge >= 0.3 is 0 Å². The van der Waals surface area contributed by atoms with Crippen LogP contribution in [0.5, 0.6) is 0 Å². The molecule has 2 aliphatic carbocycles. The van der Waals surface area contributed by atoms with E-state index in [2.05, 4.69) is 23.5 Å². The molecule has 0 amide bonds. The Balaban J connectivity index is 1.98. The first kappa shape index (κ1) is 8.72. The molecule has 1 nitrogen and oxygen atoms in total. The first-order valence-corrected chi connectivity index (χ1v) is 5.99. The van der Waals surface area contributed by atoms with Crippen molar-refractivity contribution in [2.24, 2.45) is 11.3 Å². The van der Waals surface area contributed by atoms with Gasteiger partial charge in [0.15, 0.2) is 0 Å². The van der Waals surface area contributed by atoms with Crippen molar-refractivity contribution in [3.05, 3.63) is 23.8 Å². The van der Waals surface area contributed by atoms with Gasteiger partial charge in [-0.25, -0.2) is 0 Å². The fourth-order valence-electron chi connectivity index (χ4n) is 3.67. The summed E-state index contributed by atoms with van der Waals surface area (Å²) in [6, 6.07) is 0. The Labute approximate surface area is 86.3 Å². The zero-order valence-electron chi connectivity index (χ0n) is 8.76. The molecule has 0 aromatic carbocycles. The van der Waals surface area contributed by atoms with Gasteiger partial charge in [0.05, 0.1) is 0 Å². The first-order chi connectivity index (χ1) is 6.92.